The number of aliphatic hydroxyl groups excluding tert-OH is 1. The van der Waals surface area contributed by atoms with E-state index in [2.05, 4.69) is 0 Å². The third kappa shape index (κ3) is 7.95. The summed E-state index contributed by atoms with van der Waals surface area (Å²) in [5.74, 6) is -0.132. The lowest BCUT2D eigenvalue weighted by Gasteiger charge is -2.18. The van der Waals surface area contributed by atoms with Crippen LogP contribution in [0.25, 0.3) is 0 Å². The zero-order chi connectivity index (χ0) is 13.0. The number of nitrogens with one attached hydrogen (secondary N) is 1. The van der Waals surface area contributed by atoms with Crippen molar-refractivity contribution in [2.24, 2.45) is 5.41 Å². The normalized spacial score (nSPS) is 15.4. The van der Waals surface area contributed by atoms with Gasteiger partial charge in [-0.15, -0.1) is 0 Å². The zero-order valence-electron chi connectivity index (χ0n) is 9.70. The van der Waals surface area contributed by atoms with Crippen LogP contribution in [0, 0.1) is 5.41 Å². The second kappa shape index (κ2) is 5.88. The molecule has 1 unspecified atom stereocenters. The van der Waals surface area contributed by atoms with Crippen molar-refractivity contribution in [2.45, 2.75) is 39.7 Å². The van der Waals surface area contributed by atoms with Gasteiger partial charge < -0.3 is 5.11 Å². The van der Waals surface area contributed by atoms with Crippen LogP contribution in [0.1, 0.15) is 27.2 Å². The van der Waals surface area contributed by atoms with Gasteiger partial charge in [-0.2, -0.15) is 0 Å². The fourth-order valence-electron chi connectivity index (χ4n) is 0.814. The Morgan fingerprint density at radius 1 is 1.31 bits per heavy atom. The van der Waals surface area contributed by atoms with E-state index >= 15 is 0 Å². The molecule has 0 aromatic heterocycles. The van der Waals surface area contributed by atoms with Crippen LogP contribution in [-0.2, 0) is 10.0 Å². The summed E-state index contributed by atoms with van der Waals surface area (Å²) in [6.45, 7) is 5.01. The van der Waals surface area contributed by atoms with Crippen LogP contribution in [0.4, 0.5) is 8.78 Å². The van der Waals surface area contributed by atoms with E-state index in [0.29, 0.717) is 6.42 Å². The molecule has 0 aliphatic heterocycles. The van der Waals surface area contributed by atoms with Gasteiger partial charge in [-0.3, -0.25) is 0 Å². The fourth-order valence-corrected chi connectivity index (χ4v) is 2.26. The Balaban J connectivity index is 4.07. The van der Waals surface area contributed by atoms with E-state index in [9.17, 15) is 17.2 Å². The molecule has 98 valence electrons. The van der Waals surface area contributed by atoms with Gasteiger partial charge in [0.1, 0.15) is 6.10 Å². The van der Waals surface area contributed by atoms with Crippen LogP contribution < -0.4 is 4.72 Å². The summed E-state index contributed by atoms with van der Waals surface area (Å²) in [6, 6.07) is 0. The number of hydrogen-bond acceptors (Lipinski definition) is 3. The van der Waals surface area contributed by atoms with Crippen LogP contribution in [0.2, 0.25) is 0 Å². The lowest BCUT2D eigenvalue weighted by Crippen LogP contribution is -2.37. The first kappa shape index (κ1) is 15.7. The maximum Gasteiger partial charge on any atom is 0.265 e. The molecule has 0 spiro atoms. The standard InChI is InChI=1S/C9H19F2NO3S/c1-9(2,3)4-5-16(14,15)12-6-7(13)8(10)11/h7-8,12-13H,4-6H2,1-3H3. The second-order valence-electron chi connectivity index (χ2n) is 4.88. The Kier molecular flexibility index (Phi) is 5.78. The van der Waals surface area contributed by atoms with Gasteiger partial charge in [0, 0.05) is 6.54 Å². The minimum absolute atomic E-state index is 0.132. The number of rotatable bonds is 6. The van der Waals surface area contributed by atoms with Crippen LogP contribution in [0.15, 0.2) is 0 Å². The molecule has 7 heteroatoms. The minimum atomic E-state index is -3.59. The largest absolute Gasteiger partial charge is 0.386 e. The van der Waals surface area contributed by atoms with Crippen molar-refractivity contribution in [1.29, 1.82) is 0 Å². The van der Waals surface area contributed by atoms with E-state index in [1.165, 1.54) is 0 Å². The highest BCUT2D eigenvalue weighted by atomic mass is 32.2. The summed E-state index contributed by atoms with van der Waals surface area (Å²) in [5.41, 5.74) is -0.143. The number of alkyl halides is 2. The van der Waals surface area contributed by atoms with Crippen molar-refractivity contribution in [2.75, 3.05) is 12.3 Å². The first-order valence-corrected chi connectivity index (χ1v) is 6.62. The predicted octanol–water partition coefficient (Wildman–Crippen LogP) is 0.968. The second-order valence-corrected chi connectivity index (χ2v) is 6.81. The maximum absolute atomic E-state index is 11.9. The SMILES string of the molecule is CC(C)(C)CCS(=O)(=O)NCC(O)C(F)F. The van der Waals surface area contributed by atoms with Crippen molar-refractivity contribution in [3.05, 3.63) is 0 Å². The highest BCUT2D eigenvalue weighted by Crippen LogP contribution is 2.18. The third-order valence-electron chi connectivity index (χ3n) is 1.92. The van der Waals surface area contributed by atoms with Crippen LogP contribution >= 0.6 is 0 Å². The minimum Gasteiger partial charge on any atom is -0.386 e. The first-order valence-electron chi connectivity index (χ1n) is 4.97. The third-order valence-corrected chi connectivity index (χ3v) is 3.27. The van der Waals surface area contributed by atoms with Crippen molar-refractivity contribution in [3.8, 4) is 0 Å². The van der Waals surface area contributed by atoms with Crippen molar-refractivity contribution in [3.63, 3.8) is 0 Å². The molecule has 2 N–H and O–H groups in total. The molecule has 0 heterocycles. The molecular formula is C9H19F2NO3S. The quantitative estimate of drug-likeness (QED) is 0.747. The lowest BCUT2D eigenvalue weighted by atomic mass is 9.94. The van der Waals surface area contributed by atoms with Gasteiger partial charge in [0.15, 0.2) is 0 Å². The average molecular weight is 259 g/mol. The van der Waals surface area contributed by atoms with Gasteiger partial charge in [0.2, 0.25) is 10.0 Å². The number of hydrogen-bond donors (Lipinski definition) is 2. The number of aliphatic hydroxyl groups is 1. The summed E-state index contributed by atoms with van der Waals surface area (Å²) in [5, 5.41) is 8.74. The Bertz CT molecular complexity index is 298. The van der Waals surface area contributed by atoms with E-state index < -0.39 is 29.1 Å². The van der Waals surface area contributed by atoms with Gasteiger partial charge in [-0.1, -0.05) is 20.8 Å². The molecule has 16 heavy (non-hydrogen) atoms. The molecule has 1 atom stereocenters. The molecule has 0 amide bonds. The molecule has 0 saturated carbocycles. The van der Waals surface area contributed by atoms with Gasteiger partial charge >= 0.3 is 0 Å². The van der Waals surface area contributed by atoms with Gasteiger partial charge in [0.25, 0.3) is 6.43 Å². The topological polar surface area (TPSA) is 66.4 Å². The molecule has 0 rings (SSSR count). The van der Waals surface area contributed by atoms with E-state index in [4.69, 9.17) is 5.11 Å². The maximum atomic E-state index is 11.9. The van der Waals surface area contributed by atoms with Crippen molar-refractivity contribution in [1.82, 2.24) is 4.72 Å². The molecule has 0 aromatic carbocycles. The molecule has 0 saturated heterocycles. The van der Waals surface area contributed by atoms with E-state index in [1.807, 2.05) is 25.5 Å². The van der Waals surface area contributed by atoms with E-state index in [-0.39, 0.29) is 11.2 Å². The Morgan fingerprint density at radius 3 is 2.19 bits per heavy atom. The van der Waals surface area contributed by atoms with Crippen LogP contribution in [0.3, 0.4) is 0 Å². The van der Waals surface area contributed by atoms with E-state index in [1.54, 1.807) is 0 Å². The van der Waals surface area contributed by atoms with Crippen molar-refractivity contribution < 1.29 is 22.3 Å². The highest BCUT2D eigenvalue weighted by molar-refractivity contribution is 7.89. The molecule has 0 aromatic rings. The van der Waals surface area contributed by atoms with Crippen LogP contribution in [-0.4, -0.2) is 38.4 Å². The van der Waals surface area contributed by atoms with Gasteiger partial charge in [0.05, 0.1) is 5.75 Å². The Hall–Kier alpha value is -0.270. The summed E-state index contributed by atoms with van der Waals surface area (Å²) >= 11 is 0. The monoisotopic (exact) mass is 259 g/mol. The molecule has 4 nitrogen and oxygen atoms in total. The summed E-state index contributed by atoms with van der Waals surface area (Å²) in [6.07, 6.45) is -4.47. The van der Waals surface area contributed by atoms with Crippen LogP contribution in [0.5, 0.6) is 0 Å². The summed E-state index contributed by atoms with van der Waals surface area (Å²) < 4.78 is 48.4. The molecule has 0 radical (unpaired) electrons. The predicted molar refractivity (Wildman–Crippen MR) is 57.9 cm³/mol. The average Bonchev–Trinajstić information content (AvgIpc) is 2.10. The molecule has 0 aliphatic rings. The van der Waals surface area contributed by atoms with E-state index in [0.717, 1.165) is 0 Å². The number of sulfonamides is 1. The first-order chi connectivity index (χ1) is 7.03. The molecular weight excluding hydrogens is 240 g/mol. The number of halogens is 2. The van der Waals surface area contributed by atoms with Gasteiger partial charge in [-0.25, -0.2) is 21.9 Å². The van der Waals surface area contributed by atoms with Crippen molar-refractivity contribution >= 4 is 10.0 Å². The smallest absolute Gasteiger partial charge is 0.265 e. The Labute approximate surface area is 95.1 Å². The molecule has 0 bridgehead atoms. The summed E-state index contributed by atoms with van der Waals surface area (Å²) in [4.78, 5) is 0. The van der Waals surface area contributed by atoms with Gasteiger partial charge in [-0.05, 0) is 11.8 Å². The highest BCUT2D eigenvalue weighted by Gasteiger charge is 2.21. The molecule has 0 aliphatic carbocycles. The zero-order valence-corrected chi connectivity index (χ0v) is 10.5. The molecule has 0 fully saturated rings. The summed E-state index contributed by atoms with van der Waals surface area (Å²) in [7, 11) is -3.59. The fraction of sp³-hybridized carbons (Fsp3) is 1.00. The Morgan fingerprint density at radius 2 is 1.81 bits per heavy atom. The lowest BCUT2D eigenvalue weighted by molar-refractivity contribution is -0.000456.